The predicted molar refractivity (Wildman–Crippen MR) is 169 cm³/mol. The Labute approximate surface area is 265 Å². The van der Waals surface area contributed by atoms with Crippen molar-refractivity contribution >= 4 is 33.7 Å². The van der Waals surface area contributed by atoms with E-state index in [1.54, 1.807) is 12.1 Å². The summed E-state index contributed by atoms with van der Waals surface area (Å²) < 4.78 is 23.4. The Morgan fingerprint density at radius 3 is 2.11 bits per heavy atom. The summed E-state index contributed by atoms with van der Waals surface area (Å²) in [7, 11) is -3.32. The Morgan fingerprint density at radius 1 is 1.02 bits per heavy atom. The predicted octanol–water partition coefficient (Wildman–Crippen LogP) is 3.75. The lowest BCUT2D eigenvalue weighted by Gasteiger charge is -2.38. The van der Waals surface area contributed by atoms with Crippen molar-refractivity contribution in [2.75, 3.05) is 25.9 Å². The quantitative estimate of drug-likeness (QED) is 0.351. The van der Waals surface area contributed by atoms with Crippen molar-refractivity contribution in [3.63, 3.8) is 0 Å². The molecule has 2 aromatic rings. The van der Waals surface area contributed by atoms with E-state index < -0.39 is 32.8 Å². The first-order valence-electron chi connectivity index (χ1n) is 15.3. The van der Waals surface area contributed by atoms with E-state index in [2.05, 4.69) is 15.5 Å². The summed E-state index contributed by atoms with van der Waals surface area (Å²) in [5.74, 6) is -0.849. The molecule has 2 aliphatic heterocycles. The van der Waals surface area contributed by atoms with Crippen LogP contribution >= 0.6 is 0 Å². The molecule has 5 rings (SSSR count). The zero-order valence-corrected chi connectivity index (χ0v) is 27.2. The highest BCUT2D eigenvalue weighted by Crippen LogP contribution is 2.31. The van der Waals surface area contributed by atoms with E-state index >= 15 is 0 Å². The van der Waals surface area contributed by atoms with Crippen molar-refractivity contribution < 1.29 is 32.7 Å². The van der Waals surface area contributed by atoms with Gasteiger partial charge >= 0.3 is 12.0 Å². The Balaban J connectivity index is 0.000000687. The van der Waals surface area contributed by atoms with Crippen LogP contribution in [0, 0.1) is 11.3 Å². The molecule has 2 aromatic carbocycles. The molecule has 45 heavy (non-hydrogen) atoms. The Kier molecular flexibility index (Phi) is 10.4. The highest BCUT2D eigenvalue weighted by atomic mass is 32.2. The summed E-state index contributed by atoms with van der Waals surface area (Å²) in [6.07, 6.45) is 4.68. The first-order valence-corrected chi connectivity index (χ1v) is 17.2. The number of urea groups is 1. The van der Waals surface area contributed by atoms with Crippen LogP contribution in [-0.4, -0.2) is 78.6 Å². The van der Waals surface area contributed by atoms with Gasteiger partial charge in [0.05, 0.1) is 23.4 Å². The summed E-state index contributed by atoms with van der Waals surface area (Å²) in [4.78, 5) is 52.3. The molecule has 1 atom stereocenters. The van der Waals surface area contributed by atoms with Crippen LogP contribution in [0.5, 0.6) is 0 Å². The van der Waals surface area contributed by atoms with Crippen LogP contribution in [0.4, 0.5) is 4.79 Å². The van der Waals surface area contributed by atoms with Crippen LogP contribution in [-0.2, 0) is 30.8 Å². The van der Waals surface area contributed by atoms with E-state index in [9.17, 15) is 27.6 Å². The molecular formula is C33H44N4O7S. The lowest BCUT2D eigenvalue weighted by atomic mass is 9.87. The number of carbonyl (C=O) groups excluding carboxylic acids is 3. The second-order valence-corrected chi connectivity index (χ2v) is 15.3. The first-order chi connectivity index (χ1) is 21.1. The fourth-order valence-electron chi connectivity index (χ4n) is 5.37. The number of carbonyl (C=O) groups is 4. The minimum atomic E-state index is -3.32. The average Bonchev–Trinajstić information content (AvgIpc) is 3.82. The van der Waals surface area contributed by atoms with Crippen molar-refractivity contribution in [1.29, 1.82) is 0 Å². The summed E-state index contributed by atoms with van der Waals surface area (Å²) in [6.45, 7) is 7.83. The molecule has 0 unspecified atom stereocenters. The number of nitrogens with zero attached hydrogens (tertiary/aromatic N) is 2. The number of imide groups is 1. The Bertz CT molecular complexity index is 1490. The van der Waals surface area contributed by atoms with Crippen LogP contribution in [0.15, 0.2) is 59.5 Å². The van der Waals surface area contributed by atoms with E-state index in [4.69, 9.17) is 5.11 Å². The summed E-state index contributed by atoms with van der Waals surface area (Å²) in [5, 5.41) is 14.2. The van der Waals surface area contributed by atoms with Gasteiger partial charge in [-0.15, -0.1) is 0 Å². The fraction of sp³-hybridized carbons (Fsp3) is 0.515. The van der Waals surface area contributed by atoms with E-state index in [0.717, 1.165) is 37.6 Å². The minimum Gasteiger partial charge on any atom is -0.481 e. The molecule has 1 spiro atoms. The SMILES string of the molecule is CC(C)(C)C(=O)N[C@@H](CCN1CCC2(CC1)NC(=O)N(Cc1ccc(S(C)(=O)=O)cc1)C2=O)c1ccccc1.O=C(O)C1CC1. The van der Waals surface area contributed by atoms with Gasteiger partial charge in [0.15, 0.2) is 9.84 Å². The molecule has 4 amide bonds. The molecule has 0 aromatic heterocycles. The lowest BCUT2D eigenvalue weighted by molar-refractivity contribution is -0.138. The Morgan fingerprint density at radius 2 is 1.62 bits per heavy atom. The van der Waals surface area contributed by atoms with E-state index in [0.29, 0.717) is 31.5 Å². The van der Waals surface area contributed by atoms with Crippen molar-refractivity contribution in [3.05, 3.63) is 65.7 Å². The van der Waals surface area contributed by atoms with Gasteiger partial charge in [-0.05, 0) is 55.4 Å². The van der Waals surface area contributed by atoms with Crippen LogP contribution in [0.25, 0.3) is 0 Å². The number of aliphatic carboxylic acids is 1. The van der Waals surface area contributed by atoms with Gasteiger partial charge in [0.1, 0.15) is 5.54 Å². The number of sulfone groups is 1. The summed E-state index contributed by atoms with van der Waals surface area (Å²) in [5.41, 5.74) is 0.332. The second kappa shape index (κ2) is 13.7. The van der Waals surface area contributed by atoms with Crippen LogP contribution < -0.4 is 10.6 Å². The molecule has 1 saturated carbocycles. The topological polar surface area (TPSA) is 153 Å². The molecule has 0 radical (unpaired) electrons. The van der Waals surface area contributed by atoms with Crippen molar-refractivity contribution in [2.45, 2.75) is 75.9 Å². The maximum absolute atomic E-state index is 13.4. The second-order valence-electron chi connectivity index (χ2n) is 13.2. The number of benzene rings is 2. The van der Waals surface area contributed by atoms with Crippen molar-refractivity contribution in [3.8, 4) is 0 Å². The molecule has 3 fully saturated rings. The molecule has 244 valence electrons. The molecule has 11 nitrogen and oxygen atoms in total. The van der Waals surface area contributed by atoms with Crippen LogP contribution in [0.2, 0.25) is 0 Å². The molecule has 12 heteroatoms. The van der Waals surface area contributed by atoms with Gasteiger partial charge < -0.3 is 20.6 Å². The smallest absolute Gasteiger partial charge is 0.325 e. The number of piperidine rings is 1. The lowest BCUT2D eigenvalue weighted by Crippen LogP contribution is -2.55. The monoisotopic (exact) mass is 640 g/mol. The van der Waals surface area contributed by atoms with Gasteiger partial charge in [0.25, 0.3) is 5.91 Å². The first kappa shape index (κ1) is 34.1. The number of carboxylic acids is 1. The number of hydrogen-bond acceptors (Lipinski definition) is 7. The van der Waals surface area contributed by atoms with E-state index in [1.807, 2.05) is 51.1 Å². The largest absolute Gasteiger partial charge is 0.481 e. The van der Waals surface area contributed by atoms with Gasteiger partial charge in [-0.1, -0.05) is 63.2 Å². The van der Waals surface area contributed by atoms with Gasteiger partial charge in [-0.2, -0.15) is 0 Å². The third-order valence-corrected chi connectivity index (χ3v) is 9.63. The molecule has 3 aliphatic rings. The van der Waals surface area contributed by atoms with Gasteiger partial charge in [-0.25, -0.2) is 13.2 Å². The molecule has 0 bridgehead atoms. The third kappa shape index (κ3) is 8.91. The Hall–Kier alpha value is -3.77. The zero-order chi connectivity index (χ0) is 33.0. The number of carboxylic acid groups (broad SMARTS) is 1. The fourth-order valence-corrected chi connectivity index (χ4v) is 6.00. The number of rotatable bonds is 9. The normalized spacial score (nSPS) is 19.0. The van der Waals surface area contributed by atoms with E-state index in [-0.39, 0.29) is 35.2 Å². The maximum atomic E-state index is 13.4. The van der Waals surface area contributed by atoms with Crippen molar-refractivity contribution in [2.24, 2.45) is 11.3 Å². The highest BCUT2D eigenvalue weighted by molar-refractivity contribution is 7.90. The minimum absolute atomic E-state index is 0.000681. The van der Waals surface area contributed by atoms with Gasteiger partial charge in [-0.3, -0.25) is 19.3 Å². The maximum Gasteiger partial charge on any atom is 0.325 e. The molecule has 1 aliphatic carbocycles. The number of nitrogens with one attached hydrogen (secondary N) is 2. The molecule has 2 heterocycles. The molecule has 2 saturated heterocycles. The third-order valence-electron chi connectivity index (χ3n) is 8.50. The zero-order valence-electron chi connectivity index (χ0n) is 26.4. The van der Waals surface area contributed by atoms with Gasteiger partial charge in [0.2, 0.25) is 5.91 Å². The van der Waals surface area contributed by atoms with Crippen LogP contribution in [0.3, 0.4) is 0 Å². The standard InChI is InChI=1S/C29H38N4O5S.C4H6O2/c1-28(2,3)25(34)30-24(22-8-6-5-7-9-22)14-17-32-18-15-29(16-19-32)26(35)33(27(36)31-29)20-21-10-12-23(13-11-21)39(4,37)38;5-4(6)3-1-2-3/h5-13,24H,14-20H2,1-4H3,(H,30,34)(H,31,36);3H,1-2H2,(H,5,6)/t24-;/m0./s1. The average molecular weight is 641 g/mol. The summed E-state index contributed by atoms with van der Waals surface area (Å²) >= 11 is 0. The van der Waals surface area contributed by atoms with Crippen molar-refractivity contribution in [1.82, 2.24) is 20.4 Å². The summed E-state index contributed by atoms with van der Waals surface area (Å²) in [6, 6.07) is 15.6. The van der Waals surface area contributed by atoms with Gasteiger partial charge in [0, 0.05) is 31.3 Å². The van der Waals surface area contributed by atoms with Crippen LogP contribution in [0.1, 0.15) is 70.0 Å². The van der Waals surface area contributed by atoms with E-state index in [1.165, 1.54) is 17.0 Å². The highest BCUT2D eigenvalue weighted by Gasteiger charge is 2.52. The molecule has 3 N–H and O–H groups in total. The number of hydrogen-bond donors (Lipinski definition) is 3. The molecular weight excluding hydrogens is 596 g/mol. The number of amides is 4. The number of likely N-dealkylation sites (tertiary alicyclic amines) is 1.